The number of morpholine rings is 1. The van der Waals surface area contributed by atoms with Gasteiger partial charge in [-0.25, -0.2) is 0 Å². The number of alkyl halides is 3. The Morgan fingerprint density at radius 3 is 2.32 bits per heavy atom. The van der Waals surface area contributed by atoms with Gasteiger partial charge in [0.1, 0.15) is 5.69 Å². The summed E-state index contributed by atoms with van der Waals surface area (Å²) in [5.41, 5.74) is 0.531. The molecule has 1 amide bonds. The van der Waals surface area contributed by atoms with E-state index in [1.54, 1.807) is 24.3 Å². The molecule has 0 unspecified atom stereocenters. The second-order valence-electron chi connectivity index (χ2n) is 7.74. The fourth-order valence-corrected chi connectivity index (χ4v) is 4.22. The molecule has 0 bridgehead atoms. The molecule has 1 aliphatic heterocycles. The van der Waals surface area contributed by atoms with Gasteiger partial charge in [-0.05, 0) is 30.9 Å². The summed E-state index contributed by atoms with van der Waals surface area (Å²) in [7, 11) is 0. The minimum absolute atomic E-state index is 0.207. The largest absolute Gasteiger partial charge is 0.432 e. The van der Waals surface area contributed by atoms with Crippen LogP contribution in [-0.2, 0) is 23.9 Å². The van der Waals surface area contributed by atoms with Gasteiger partial charge in [0.15, 0.2) is 0 Å². The van der Waals surface area contributed by atoms with Gasteiger partial charge >= 0.3 is 6.18 Å². The predicted molar refractivity (Wildman–Crippen MR) is 113 cm³/mol. The Hall–Kier alpha value is -2.80. The van der Waals surface area contributed by atoms with E-state index in [9.17, 15) is 18.0 Å². The molecule has 4 rings (SSSR count). The minimum atomic E-state index is -4.63. The average molecular weight is 430 g/mol. The molecule has 164 valence electrons. The quantitative estimate of drug-likeness (QED) is 0.507. The molecule has 7 heteroatoms. The van der Waals surface area contributed by atoms with Gasteiger partial charge in [-0.2, -0.15) is 13.2 Å². The average Bonchev–Trinajstić information content (AvgIpc) is 3.12. The highest BCUT2D eigenvalue weighted by Crippen LogP contribution is 2.39. The number of benzene rings is 2. The van der Waals surface area contributed by atoms with E-state index in [0.717, 1.165) is 12.8 Å². The number of amides is 1. The highest BCUT2D eigenvalue weighted by atomic mass is 19.4. The lowest BCUT2D eigenvalue weighted by molar-refractivity contribution is -0.143. The van der Waals surface area contributed by atoms with E-state index in [0.29, 0.717) is 43.6 Å². The van der Waals surface area contributed by atoms with Gasteiger partial charge in [0.05, 0.1) is 18.8 Å². The summed E-state index contributed by atoms with van der Waals surface area (Å²) in [5, 5.41) is 0.356. The summed E-state index contributed by atoms with van der Waals surface area (Å²) in [5.74, 6) is -0.574. The van der Waals surface area contributed by atoms with Gasteiger partial charge in [0.25, 0.3) is 5.91 Å². The van der Waals surface area contributed by atoms with E-state index >= 15 is 0 Å². The summed E-state index contributed by atoms with van der Waals surface area (Å²) in [4.78, 5) is 14.6. The van der Waals surface area contributed by atoms with Crippen LogP contribution in [0, 0.1) is 0 Å². The number of fused-ring (bicyclic) bond motifs is 1. The molecule has 3 aromatic rings. The monoisotopic (exact) mass is 430 g/mol. The van der Waals surface area contributed by atoms with Crippen LogP contribution in [0.3, 0.4) is 0 Å². The van der Waals surface area contributed by atoms with Crippen LogP contribution in [0.4, 0.5) is 13.2 Å². The molecule has 0 saturated carbocycles. The summed E-state index contributed by atoms with van der Waals surface area (Å²) in [6, 6.07) is 16.6. The first kappa shape index (κ1) is 21.4. The SMILES string of the molecule is O=C(c1c(C(F)(F)F)n(CCCCc2ccccc2)c2ccccc12)N1CCOCC1. The van der Waals surface area contributed by atoms with Crippen molar-refractivity contribution in [3.63, 3.8) is 0 Å². The lowest BCUT2D eigenvalue weighted by Gasteiger charge is -2.27. The Labute approximate surface area is 179 Å². The maximum Gasteiger partial charge on any atom is 0.432 e. The normalized spacial score (nSPS) is 14.9. The topological polar surface area (TPSA) is 34.5 Å². The van der Waals surface area contributed by atoms with Gasteiger partial charge in [-0.1, -0.05) is 48.5 Å². The first-order chi connectivity index (χ1) is 15.0. The van der Waals surface area contributed by atoms with Crippen LogP contribution in [0.2, 0.25) is 0 Å². The summed E-state index contributed by atoms with van der Waals surface area (Å²) >= 11 is 0. The molecule has 2 heterocycles. The molecule has 1 fully saturated rings. The molecule has 0 aliphatic carbocycles. The van der Waals surface area contributed by atoms with Crippen molar-refractivity contribution in [3.8, 4) is 0 Å². The fraction of sp³-hybridized carbons (Fsp3) is 0.375. The number of para-hydroxylation sites is 1. The Balaban J connectivity index is 1.66. The Kier molecular flexibility index (Phi) is 6.32. The number of aryl methyl sites for hydroxylation is 2. The zero-order valence-electron chi connectivity index (χ0n) is 17.2. The third-order valence-corrected chi connectivity index (χ3v) is 5.69. The van der Waals surface area contributed by atoms with Crippen molar-refractivity contribution < 1.29 is 22.7 Å². The van der Waals surface area contributed by atoms with Gasteiger partial charge in [-0.15, -0.1) is 0 Å². The third-order valence-electron chi connectivity index (χ3n) is 5.69. The molecular weight excluding hydrogens is 405 g/mol. The van der Waals surface area contributed by atoms with E-state index in [2.05, 4.69) is 0 Å². The zero-order valence-corrected chi connectivity index (χ0v) is 17.2. The van der Waals surface area contributed by atoms with E-state index in [1.807, 2.05) is 30.3 Å². The summed E-state index contributed by atoms with van der Waals surface area (Å²) < 4.78 is 49.2. The number of aromatic nitrogens is 1. The lowest BCUT2D eigenvalue weighted by atomic mass is 10.1. The van der Waals surface area contributed by atoms with Crippen LogP contribution in [0.5, 0.6) is 0 Å². The second-order valence-corrected chi connectivity index (χ2v) is 7.74. The van der Waals surface area contributed by atoms with Crippen molar-refractivity contribution in [1.82, 2.24) is 9.47 Å². The van der Waals surface area contributed by atoms with Crippen LogP contribution < -0.4 is 0 Å². The molecule has 2 aromatic carbocycles. The van der Waals surface area contributed by atoms with Crippen molar-refractivity contribution >= 4 is 16.8 Å². The summed E-state index contributed by atoms with van der Waals surface area (Å²) in [6.07, 6.45) is -2.47. The van der Waals surface area contributed by atoms with Gasteiger partial charge in [0.2, 0.25) is 0 Å². The molecule has 4 nitrogen and oxygen atoms in total. The van der Waals surface area contributed by atoms with Gasteiger partial charge in [0, 0.05) is 30.5 Å². The van der Waals surface area contributed by atoms with Crippen LogP contribution in [-0.4, -0.2) is 41.7 Å². The number of unbranched alkanes of at least 4 members (excludes halogenated alkanes) is 1. The van der Waals surface area contributed by atoms with E-state index in [4.69, 9.17) is 4.74 Å². The number of carbonyl (C=O) groups excluding carboxylic acids is 1. The molecule has 1 aliphatic rings. The van der Waals surface area contributed by atoms with Crippen LogP contribution in [0.25, 0.3) is 10.9 Å². The number of carbonyl (C=O) groups is 1. The maximum atomic E-state index is 14.2. The van der Waals surface area contributed by atoms with Crippen LogP contribution >= 0.6 is 0 Å². The van der Waals surface area contributed by atoms with Crippen molar-refractivity contribution in [2.75, 3.05) is 26.3 Å². The molecule has 0 spiro atoms. The number of ether oxygens (including phenoxy) is 1. The van der Waals surface area contributed by atoms with Gasteiger partial charge in [-0.3, -0.25) is 4.79 Å². The molecule has 0 atom stereocenters. The van der Waals surface area contributed by atoms with Gasteiger partial charge < -0.3 is 14.2 Å². The van der Waals surface area contributed by atoms with Crippen molar-refractivity contribution in [2.24, 2.45) is 0 Å². The number of rotatable bonds is 6. The van der Waals surface area contributed by atoms with Crippen molar-refractivity contribution in [1.29, 1.82) is 0 Å². The molecule has 0 N–H and O–H groups in total. The molecule has 31 heavy (non-hydrogen) atoms. The van der Waals surface area contributed by atoms with Crippen molar-refractivity contribution in [2.45, 2.75) is 32.0 Å². The highest BCUT2D eigenvalue weighted by Gasteiger charge is 2.42. The third kappa shape index (κ3) is 4.61. The number of hydrogen-bond donors (Lipinski definition) is 0. The molecular formula is C24H25F3N2O2. The van der Waals surface area contributed by atoms with Crippen LogP contribution in [0.15, 0.2) is 54.6 Å². The van der Waals surface area contributed by atoms with E-state index < -0.39 is 17.8 Å². The Bertz CT molecular complexity index is 1040. The number of halogens is 3. The molecule has 1 saturated heterocycles. The Morgan fingerprint density at radius 1 is 0.935 bits per heavy atom. The van der Waals surface area contributed by atoms with E-state index in [1.165, 1.54) is 15.0 Å². The lowest BCUT2D eigenvalue weighted by Crippen LogP contribution is -2.41. The van der Waals surface area contributed by atoms with Crippen molar-refractivity contribution in [3.05, 3.63) is 71.4 Å². The Morgan fingerprint density at radius 2 is 1.61 bits per heavy atom. The first-order valence-corrected chi connectivity index (χ1v) is 10.6. The second kappa shape index (κ2) is 9.14. The molecule has 0 radical (unpaired) electrons. The predicted octanol–water partition coefficient (Wildman–Crippen LogP) is 5.16. The highest BCUT2D eigenvalue weighted by molar-refractivity contribution is 6.08. The summed E-state index contributed by atoms with van der Waals surface area (Å²) in [6.45, 7) is 1.48. The van der Waals surface area contributed by atoms with Crippen LogP contribution in [0.1, 0.15) is 34.5 Å². The number of nitrogens with zero attached hydrogens (tertiary/aromatic N) is 2. The smallest absolute Gasteiger partial charge is 0.378 e. The standard InChI is InChI=1S/C24H25F3N2O2/c25-24(26,27)22-21(23(30)28-14-16-31-17-15-28)19-11-4-5-12-20(19)29(22)13-7-6-10-18-8-2-1-3-9-18/h1-5,8-9,11-12H,6-7,10,13-17H2. The minimum Gasteiger partial charge on any atom is -0.378 e. The first-order valence-electron chi connectivity index (χ1n) is 10.6. The zero-order chi connectivity index (χ0) is 21.8. The molecule has 1 aromatic heterocycles. The maximum absolute atomic E-state index is 14.2. The van der Waals surface area contributed by atoms with E-state index in [-0.39, 0.29) is 12.1 Å². The fourth-order valence-electron chi connectivity index (χ4n) is 4.22. The number of hydrogen-bond acceptors (Lipinski definition) is 2.